The Labute approximate surface area is 189 Å². The van der Waals surface area contributed by atoms with Crippen molar-refractivity contribution in [1.82, 2.24) is 24.7 Å². The molecular formula is C19H15F3N6O5S. The molecule has 0 aliphatic carbocycles. The second kappa shape index (κ2) is 8.75. The summed E-state index contributed by atoms with van der Waals surface area (Å²) in [5.41, 5.74) is -0.342. The average molecular weight is 496 g/mol. The largest absolute Gasteiger partial charge is 0.439 e. The van der Waals surface area contributed by atoms with Crippen LogP contribution in [0.5, 0.6) is 11.6 Å². The van der Waals surface area contributed by atoms with Crippen LogP contribution in [0.3, 0.4) is 0 Å². The summed E-state index contributed by atoms with van der Waals surface area (Å²) in [6.07, 6.45) is -1.07. The Hall–Kier alpha value is -3.98. The number of aromatic amines is 1. The summed E-state index contributed by atoms with van der Waals surface area (Å²) < 4.78 is 71.9. The third-order valence-electron chi connectivity index (χ3n) is 4.34. The summed E-state index contributed by atoms with van der Waals surface area (Å²) in [4.78, 5) is 20.4. The van der Waals surface area contributed by atoms with E-state index in [4.69, 9.17) is 4.74 Å². The minimum atomic E-state index is -4.61. The molecule has 15 heteroatoms. The summed E-state index contributed by atoms with van der Waals surface area (Å²) >= 11 is 0. The van der Waals surface area contributed by atoms with Crippen LogP contribution >= 0.6 is 0 Å². The molecule has 3 heterocycles. The van der Waals surface area contributed by atoms with E-state index in [0.29, 0.717) is 22.7 Å². The molecule has 34 heavy (non-hydrogen) atoms. The molecule has 3 aromatic heterocycles. The Morgan fingerprint density at radius 1 is 1.18 bits per heavy atom. The molecule has 0 aliphatic heterocycles. The lowest BCUT2D eigenvalue weighted by Gasteiger charge is -2.08. The maximum Gasteiger partial charge on any atom is 0.432 e. The molecule has 4 aromatic rings. The smallest absolute Gasteiger partial charge is 0.432 e. The van der Waals surface area contributed by atoms with Crippen molar-refractivity contribution in [2.75, 3.05) is 11.6 Å². The monoisotopic (exact) mass is 496 g/mol. The minimum Gasteiger partial charge on any atom is -0.439 e. The van der Waals surface area contributed by atoms with Crippen molar-refractivity contribution in [2.45, 2.75) is 12.8 Å². The van der Waals surface area contributed by atoms with Crippen LogP contribution in [0.15, 0.2) is 48.9 Å². The lowest BCUT2D eigenvalue weighted by molar-refractivity contribution is -0.141. The molecule has 0 radical (unpaired) electrons. The zero-order valence-electron chi connectivity index (χ0n) is 17.2. The maximum atomic E-state index is 12.7. The van der Waals surface area contributed by atoms with Crippen LogP contribution < -0.4 is 10.1 Å². The average Bonchev–Trinajstić information content (AvgIpc) is 3.39. The predicted molar refractivity (Wildman–Crippen MR) is 112 cm³/mol. The predicted octanol–water partition coefficient (Wildman–Crippen LogP) is 3.52. The Balaban J connectivity index is 1.48. The number of rotatable bonds is 6. The topological polar surface area (TPSA) is 141 Å². The van der Waals surface area contributed by atoms with E-state index in [1.54, 1.807) is 24.3 Å². The fourth-order valence-electron chi connectivity index (χ4n) is 2.86. The second-order valence-corrected chi connectivity index (χ2v) is 8.56. The van der Waals surface area contributed by atoms with Crippen molar-refractivity contribution in [3.05, 3.63) is 60.3 Å². The van der Waals surface area contributed by atoms with Gasteiger partial charge >= 0.3 is 12.2 Å². The van der Waals surface area contributed by atoms with Gasteiger partial charge in [0, 0.05) is 23.7 Å². The molecule has 11 nitrogen and oxygen atoms in total. The van der Waals surface area contributed by atoms with E-state index in [9.17, 15) is 26.4 Å². The standard InChI is InChI=1S/C19H15F3N6O5S/c1-34(30,31)32-9-12-7-17(24-10-23-12)33-13-2-3-14-11(6-13)4-5-28(14)18(29)25-16-8-15(26-27-16)19(20,21)22/h2-8,10H,9H2,1H3,(H2,25,26,27,29). The second-order valence-electron chi connectivity index (χ2n) is 6.92. The fourth-order valence-corrected chi connectivity index (χ4v) is 3.20. The molecule has 1 aromatic carbocycles. The first-order chi connectivity index (χ1) is 16.0. The van der Waals surface area contributed by atoms with E-state index in [1.165, 1.54) is 23.2 Å². The lowest BCUT2D eigenvalue weighted by atomic mass is 10.2. The van der Waals surface area contributed by atoms with Crippen molar-refractivity contribution in [2.24, 2.45) is 0 Å². The van der Waals surface area contributed by atoms with Crippen LogP contribution in [0.4, 0.5) is 23.8 Å². The van der Waals surface area contributed by atoms with E-state index in [2.05, 4.69) is 24.6 Å². The van der Waals surface area contributed by atoms with Gasteiger partial charge in [-0.2, -0.15) is 26.7 Å². The summed E-state index contributed by atoms with van der Waals surface area (Å²) in [6, 6.07) is 7.74. The number of aromatic nitrogens is 5. The van der Waals surface area contributed by atoms with Gasteiger partial charge in [0.2, 0.25) is 5.88 Å². The van der Waals surface area contributed by atoms with E-state index < -0.39 is 28.0 Å². The first-order valence-corrected chi connectivity index (χ1v) is 11.2. The SMILES string of the molecule is CS(=O)(=O)OCc1cc(Oc2ccc3c(ccn3C(=O)Nc3cc(C(F)(F)F)[nH]n3)c2)ncn1. The Kier molecular flexibility index (Phi) is 5.97. The molecule has 4 rings (SSSR count). The Morgan fingerprint density at radius 2 is 1.97 bits per heavy atom. The molecule has 1 amide bonds. The first kappa shape index (κ1) is 23.2. The Bertz CT molecular complexity index is 1460. The van der Waals surface area contributed by atoms with E-state index in [0.717, 1.165) is 6.26 Å². The van der Waals surface area contributed by atoms with Crippen LogP contribution in [-0.2, 0) is 27.1 Å². The van der Waals surface area contributed by atoms with Gasteiger partial charge in [0.15, 0.2) is 5.82 Å². The number of ether oxygens (including phenoxy) is 1. The van der Waals surface area contributed by atoms with E-state index in [-0.39, 0.29) is 24.0 Å². The molecule has 0 spiro atoms. The number of fused-ring (bicyclic) bond motifs is 1. The van der Waals surface area contributed by atoms with Crippen molar-refractivity contribution in [1.29, 1.82) is 0 Å². The number of hydrogen-bond donors (Lipinski definition) is 2. The quantitative estimate of drug-likeness (QED) is 0.386. The number of amides is 1. The lowest BCUT2D eigenvalue weighted by Crippen LogP contribution is -2.18. The highest BCUT2D eigenvalue weighted by atomic mass is 32.2. The molecule has 0 saturated carbocycles. The number of H-pyrrole nitrogens is 1. The molecule has 0 bridgehead atoms. The molecule has 178 valence electrons. The zero-order valence-corrected chi connectivity index (χ0v) is 18.0. The third-order valence-corrected chi connectivity index (χ3v) is 4.89. The number of benzene rings is 1. The molecule has 0 aliphatic rings. The summed E-state index contributed by atoms with van der Waals surface area (Å²) in [5, 5.41) is 8.15. The normalized spacial score (nSPS) is 12.1. The van der Waals surface area contributed by atoms with Crippen LogP contribution in [0.25, 0.3) is 10.9 Å². The molecule has 2 N–H and O–H groups in total. The summed E-state index contributed by atoms with van der Waals surface area (Å²) in [5.74, 6) is 0.220. The van der Waals surface area contributed by atoms with Gasteiger partial charge in [-0.3, -0.25) is 19.2 Å². The number of hydrogen-bond acceptors (Lipinski definition) is 8. The van der Waals surface area contributed by atoms with Gasteiger partial charge in [0.05, 0.1) is 17.5 Å². The van der Waals surface area contributed by atoms with Crippen molar-refractivity contribution in [3.63, 3.8) is 0 Å². The number of anilines is 1. The molecule has 0 fully saturated rings. The number of halogens is 3. The van der Waals surface area contributed by atoms with Crippen molar-refractivity contribution < 1.29 is 35.3 Å². The number of alkyl halides is 3. The number of nitrogens with zero attached hydrogens (tertiary/aromatic N) is 4. The van der Waals surface area contributed by atoms with Crippen LogP contribution in [0.1, 0.15) is 11.4 Å². The Morgan fingerprint density at radius 3 is 2.68 bits per heavy atom. The first-order valence-electron chi connectivity index (χ1n) is 9.36. The molecular weight excluding hydrogens is 481 g/mol. The van der Waals surface area contributed by atoms with Crippen LogP contribution in [-0.4, -0.2) is 45.4 Å². The zero-order chi connectivity index (χ0) is 24.5. The highest BCUT2D eigenvalue weighted by molar-refractivity contribution is 7.85. The highest BCUT2D eigenvalue weighted by Gasteiger charge is 2.33. The number of carbonyl (C=O) groups excluding carboxylic acids is 1. The van der Waals surface area contributed by atoms with Crippen molar-refractivity contribution >= 4 is 32.9 Å². The number of nitrogens with one attached hydrogen (secondary N) is 2. The van der Waals surface area contributed by atoms with Gasteiger partial charge < -0.3 is 4.74 Å². The number of carbonyl (C=O) groups is 1. The van der Waals surface area contributed by atoms with E-state index in [1.807, 2.05) is 5.10 Å². The maximum absolute atomic E-state index is 12.7. The third kappa shape index (κ3) is 5.49. The van der Waals surface area contributed by atoms with Gasteiger partial charge in [-0.1, -0.05) is 0 Å². The van der Waals surface area contributed by atoms with Crippen LogP contribution in [0.2, 0.25) is 0 Å². The fraction of sp³-hybridized carbons (Fsp3) is 0.158. The summed E-state index contributed by atoms with van der Waals surface area (Å²) in [7, 11) is -3.64. The van der Waals surface area contributed by atoms with Crippen molar-refractivity contribution in [3.8, 4) is 11.6 Å². The molecule has 0 saturated heterocycles. The highest BCUT2D eigenvalue weighted by Crippen LogP contribution is 2.29. The van der Waals surface area contributed by atoms with Gasteiger partial charge in [0.1, 0.15) is 24.4 Å². The van der Waals surface area contributed by atoms with Crippen LogP contribution in [0, 0.1) is 0 Å². The van der Waals surface area contributed by atoms with Gasteiger partial charge in [0.25, 0.3) is 10.1 Å². The molecule has 0 unspecified atom stereocenters. The van der Waals surface area contributed by atoms with Gasteiger partial charge in [-0.15, -0.1) is 0 Å². The summed E-state index contributed by atoms with van der Waals surface area (Å²) in [6.45, 7) is -0.283. The van der Waals surface area contributed by atoms with E-state index >= 15 is 0 Å². The minimum absolute atomic E-state index is 0.137. The van der Waals surface area contributed by atoms with Gasteiger partial charge in [-0.05, 0) is 24.3 Å². The molecule has 0 atom stereocenters. The van der Waals surface area contributed by atoms with Gasteiger partial charge in [-0.25, -0.2) is 14.8 Å².